The van der Waals surface area contributed by atoms with Crippen LogP contribution in [0, 0.1) is 11.7 Å². The molecule has 1 fully saturated rings. The minimum absolute atomic E-state index is 0.109. The summed E-state index contributed by atoms with van der Waals surface area (Å²) in [5, 5.41) is 0. The van der Waals surface area contributed by atoms with Gasteiger partial charge in [-0.05, 0) is 48.6 Å². The van der Waals surface area contributed by atoms with Gasteiger partial charge in [-0.3, -0.25) is 4.79 Å². The van der Waals surface area contributed by atoms with E-state index in [4.69, 9.17) is 0 Å². The van der Waals surface area contributed by atoms with Gasteiger partial charge in [0.25, 0.3) is 0 Å². The van der Waals surface area contributed by atoms with Crippen molar-refractivity contribution < 1.29 is 17.6 Å². The molecule has 5 nitrogen and oxygen atoms in total. The number of thiophene rings is 1. The lowest BCUT2D eigenvalue weighted by molar-refractivity contribution is -0.139. The molecule has 1 saturated carbocycles. The largest absolute Gasteiger partial charge is 0.338 e. The van der Waals surface area contributed by atoms with Crippen molar-refractivity contribution in [3.8, 4) is 0 Å². The SMILES string of the molecule is O=C(C1CCC1)N1CCc2sc(S(=O)(=O)NCc3ccc(F)cc3)cc2C1. The van der Waals surface area contributed by atoms with Crippen molar-refractivity contribution in [2.45, 2.75) is 43.0 Å². The number of sulfonamides is 1. The number of hydrogen-bond donors (Lipinski definition) is 1. The van der Waals surface area contributed by atoms with Crippen LogP contribution in [0.4, 0.5) is 4.39 Å². The Balaban J connectivity index is 1.44. The maximum absolute atomic E-state index is 13.0. The summed E-state index contributed by atoms with van der Waals surface area (Å²) < 4.78 is 41.0. The molecule has 1 aliphatic heterocycles. The Hall–Kier alpha value is -1.77. The molecule has 2 aliphatic rings. The van der Waals surface area contributed by atoms with E-state index >= 15 is 0 Å². The van der Waals surface area contributed by atoms with Crippen molar-refractivity contribution in [2.75, 3.05) is 6.54 Å². The highest BCUT2D eigenvalue weighted by molar-refractivity contribution is 7.91. The average Bonchev–Trinajstić information content (AvgIpc) is 3.04. The molecule has 144 valence electrons. The van der Waals surface area contributed by atoms with Crippen molar-refractivity contribution in [1.29, 1.82) is 0 Å². The first-order valence-corrected chi connectivity index (χ1v) is 11.4. The molecule has 1 aromatic carbocycles. The molecule has 4 rings (SSSR count). The van der Waals surface area contributed by atoms with E-state index in [1.807, 2.05) is 4.90 Å². The van der Waals surface area contributed by atoms with E-state index in [-0.39, 0.29) is 28.4 Å². The molecule has 8 heteroatoms. The van der Waals surface area contributed by atoms with Gasteiger partial charge in [0.05, 0.1) is 0 Å². The zero-order chi connectivity index (χ0) is 19.0. The number of benzene rings is 1. The molecule has 1 aliphatic carbocycles. The zero-order valence-corrected chi connectivity index (χ0v) is 16.4. The van der Waals surface area contributed by atoms with Crippen molar-refractivity contribution in [3.63, 3.8) is 0 Å². The number of halogens is 1. The van der Waals surface area contributed by atoms with Crippen LogP contribution in [0.25, 0.3) is 0 Å². The van der Waals surface area contributed by atoms with Crippen LogP contribution < -0.4 is 4.72 Å². The molecule has 27 heavy (non-hydrogen) atoms. The fourth-order valence-corrected chi connectivity index (χ4v) is 6.00. The predicted octanol–water partition coefficient (Wildman–Crippen LogP) is 3.05. The number of fused-ring (bicyclic) bond motifs is 1. The topological polar surface area (TPSA) is 66.5 Å². The monoisotopic (exact) mass is 408 g/mol. The van der Waals surface area contributed by atoms with E-state index in [9.17, 15) is 17.6 Å². The van der Waals surface area contributed by atoms with Crippen molar-refractivity contribution in [3.05, 3.63) is 52.2 Å². The quantitative estimate of drug-likeness (QED) is 0.827. The summed E-state index contributed by atoms with van der Waals surface area (Å²) >= 11 is 1.27. The molecule has 1 amide bonds. The fourth-order valence-electron chi connectivity index (χ4n) is 3.39. The molecule has 0 atom stereocenters. The Morgan fingerprint density at radius 2 is 2.00 bits per heavy atom. The molecule has 0 bridgehead atoms. The Bertz CT molecular complexity index is 950. The Morgan fingerprint density at radius 3 is 2.67 bits per heavy atom. The normalized spacial score (nSPS) is 17.4. The lowest BCUT2D eigenvalue weighted by atomic mass is 9.84. The Labute approximate surface area is 162 Å². The third-order valence-electron chi connectivity index (χ3n) is 5.25. The molecule has 2 heterocycles. The van der Waals surface area contributed by atoms with Crippen LogP contribution >= 0.6 is 11.3 Å². The summed E-state index contributed by atoms with van der Waals surface area (Å²) in [6, 6.07) is 7.41. The molecule has 2 aromatic rings. The number of nitrogens with one attached hydrogen (secondary N) is 1. The van der Waals surface area contributed by atoms with Gasteiger partial charge in [-0.2, -0.15) is 0 Å². The molecule has 0 unspecified atom stereocenters. The van der Waals surface area contributed by atoms with Crippen LogP contribution in [-0.2, 0) is 34.3 Å². The number of rotatable bonds is 5. The van der Waals surface area contributed by atoms with Crippen LogP contribution in [-0.4, -0.2) is 25.8 Å². The molecule has 1 aromatic heterocycles. The number of amides is 1. The van der Waals surface area contributed by atoms with Crippen LogP contribution in [0.2, 0.25) is 0 Å². The van der Waals surface area contributed by atoms with E-state index in [1.165, 1.54) is 23.5 Å². The number of hydrogen-bond acceptors (Lipinski definition) is 4. The summed E-state index contributed by atoms with van der Waals surface area (Å²) in [6.45, 7) is 1.26. The summed E-state index contributed by atoms with van der Waals surface area (Å²) in [6.07, 6.45) is 3.76. The molecule has 0 saturated heterocycles. The van der Waals surface area contributed by atoms with Gasteiger partial charge in [0.15, 0.2) is 0 Å². The third kappa shape index (κ3) is 3.93. The third-order valence-corrected chi connectivity index (χ3v) is 8.37. The first-order valence-electron chi connectivity index (χ1n) is 9.07. The average molecular weight is 409 g/mol. The highest BCUT2D eigenvalue weighted by Gasteiger charge is 2.32. The standard InChI is InChI=1S/C19H21FN2O3S2/c20-16-6-4-13(5-7-16)11-21-27(24,25)18-10-15-12-22(9-8-17(15)26-18)19(23)14-2-1-3-14/h4-7,10,14,21H,1-3,8-9,11-12H2. The molecule has 0 spiro atoms. The Kier molecular flexibility index (Phi) is 5.05. The highest BCUT2D eigenvalue weighted by atomic mass is 32.2. The van der Waals surface area contributed by atoms with Gasteiger partial charge in [0.2, 0.25) is 15.9 Å². The van der Waals surface area contributed by atoms with Crippen molar-refractivity contribution >= 4 is 27.3 Å². The maximum Gasteiger partial charge on any atom is 0.250 e. The van der Waals surface area contributed by atoms with Gasteiger partial charge in [0.1, 0.15) is 10.0 Å². The van der Waals surface area contributed by atoms with Crippen LogP contribution in [0.15, 0.2) is 34.5 Å². The summed E-state index contributed by atoms with van der Waals surface area (Å²) in [5.74, 6) is 0.0104. The molecule has 1 N–H and O–H groups in total. The summed E-state index contributed by atoms with van der Waals surface area (Å²) in [7, 11) is -3.64. The second kappa shape index (κ2) is 7.33. The van der Waals surface area contributed by atoms with Crippen LogP contribution in [0.5, 0.6) is 0 Å². The highest BCUT2D eigenvalue weighted by Crippen LogP contribution is 2.34. The minimum Gasteiger partial charge on any atom is -0.338 e. The summed E-state index contributed by atoms with van der Waals surface area (Å²) in [4.78, 5) is 15.3. The van der Waals surface area contributed by atoms with Gasteiger partial charge < -0.3 is 4.90 Å². The first-order chi connectivity index (χ1) is 12.9. The smallest absolute Gasteiger partial charge is 0.250 e. The zero-order valence-electron chi connectivity index (χ0n) is 14.8. The van der Waals surface area contributed by atoms with E-state index in [0.29, 0.717) is 25.1 Å². The van der Waals surface area contributed by atoms with Gasteiger partial charge in [-0.15, -0.1) is 11.3 Å². The van der Waals surface area contributed by atoms with E-state index in [1.54, 1.807) is 18.2 Å². The van der Waals surface area contributed by atoms with E-state index in [0.717, 1.165) is 29.7 Å². The predicted molar refractivity (Wildman–Crippen MR) is 101 cm³/mol. The van der Waals surface area contributed by atoms with Crippen molar-refractivity contribution in [2.24, 2.45) is 5.92 Å². The minimum atomic E-state index is -3.64. The second-order valence-electron chi connectivity index (χ2n) is 7.10. The first kappa shape index (κ1) is 18.6. The fraction of sp³-hybridized carbons (Fsp3) is 0.421. The van der Waals surface area contributed by atoms with E-state index in [2.05, 4.69) is 4.72 Å². The number of carbonyl (C=O) groups is 1. The van der Waals surface area contributed by atoms with Gasteiger partial charge in [-0.25, -0.2) is 17.5 Å². The molecule has 0 radical (unpaired) electrons. The van der Waals surface area contributed by atoms with Gasteiger partial charge in [-0.1, -0.05) is 18.6 Å². The molecular formula is C19H21FN2O3S2. The Morgan fingerprint density at radius 1 is 1.26 bits per heavy atom. The maximum atomic E-state index is 13.0. The second-order valence-corrected chi connectivity index (χ2v) is 10.2. The van der Waals surface area contributed by atoms with Gasteiger partial charge in [0, 0.05) is 30.4 Å². The molecular weight excluding hydrogens is 387 g/mol. The van der Waals surface area contributed by atoms with Crippen LogP contribution in [0.1, 0.15) is 35.3 Å². The lowest BCUT2D eigenvalue weighted by Crippen LogP contribution is -2.41. The van der Waals surface area contributed by atoms with Gasteiger partial charge >= 0.3 is 0 Å². The number of nitrogens with zero attached hydrogens (tertiary/aromatic N) is 1. The van der Waals surface area contributed by atoms with Crippen LogP contribution in [0.3, 0.4) is 0 Å². The lowest BCUT2D eigenvalue weighted by Gasteiger charge is -2.33. The van der Waals surface area contributed by atoms with E-state index < -0.39 is 10.0 Å². The van der Waals surface area contributed by atoms with Crippen molar-refractivity contribution in [1.82, 2.24) is 9.62 Å². The summed E-state index contributed by atoms with van der Waals surface area (Å²) in [5.41, 5.74) is 1.62. The number of carbonyl (C=O) groups excluding carboxylic acids is 1.